The van der Waals surface area contributed by atoms with E-state index in [4.69, 9.17) is 34.8 Å². The Bertz CT molecular complexity index is 596. The van der Waals surface area contributed by atoms with Gasteiger partial charge in [0.05, 0.1) is 15.7 Å². The van der Waals surface area contributed by atoms with Crippen LogP contribution in [0.2, 0.25) is 14.5 Å². The maximum Gasteiger partial charge on any atom is 0.286 e. The van der Waals surface area contributed by atoms with Crippen molar-refractivity contribution in [2.45, 2.75) is 0 Å². The van der Waals surface area contributed by atoms with Crippen LogP contribution in [0.25, 0.3) is 0 Å². The van der Waals surface area contributed by atoms with Gasteiger partial charge in [0.2, 0.25) is 9.47 Å². The lowest BCUT2D eigenvalue weighted by molar-refractivity contribution is 0.102. The van der Waals surface area contributed by atoms with Crippen LogP contribution in [0.15, 0.2) is 12.1 Å². The molecule has 1 aromatic carbocycles. The highest BCUT2D eigenvalue weighted by molar-refractivity contribution is 7.17. The quantitative estimate of drug-likeness (QED) is 0.911. The Morgan fingerprint density at radius 1 is 1.22 bits per heavy atom. The van der Waals surface area contributed by atoms with Crippen molar-refractivity contribution in [1.82, 2.24) is 10.2 Å². The first kappa shape index (κ1) is 13.5. The van der Waals surface area contributed by atoms with E-state index in [-0.39, 0.29) is 25.2 Å². The molecule has 94 valence electrons. The molecule has 9 heteroatoms. The van der Waals surface area contributed by atoms with Gasteiger partial charge in [0.1, 0.15) is 5.82 Å². The smallest absolute Gasteiger partial charge is 0.286 e. The normalized spacial score (nSPS) is 10.4. The lowest BCUT2D eigenvalue weighted by atomic mass is 10.3. The molecular weight excluding hydrogens is 324 g/mol. The number of amides is 1. The predicted octanol–water partition coefficient (Wildman–Crippen LogP) is 3.89. The summed E-state index contributed by atoms with van der Waals surface area (Å²) >= 11 is 18.0. The first-order valence-corrected chi connectivity index (χ1v) is 6.37. The van der Waals surface area contributed by atoms with E-state index in [1.165, 1.54) is 0 Å². The average Bonchev–Trinajstić information content (AvgIpc) is 2.70. The molecule has 2 rings (SSSR count). The van der Waals surface area contributed by atoms with Crippen LogP contribution >= 0.6 is 46.1 Å². The molecule has 0 atom stereocenters. The van der Waals surface area contributed by atoms with Crippen LogP contribution in [-0.2, 0) is 0 Å². The van der Waals surface area contributed by atoms with Crippen LogP contribution in [0.1, 0.15) is 9.80 Å². The summed E-state index contributed by atoms with van der Waals surface area (Å²) in [7, 11) is 0. The SMILES string of the molecule is O=C(Nc1c(Cl)cc(F)cc1Cl)c1nnc(Cl)s1. The first-order chi connectivity index (χ1) is 8.47. The fourth-order valence-corrected chi connectivity index (χ4v) is 2.40. The van der Waals surface area contributed by atoms with Gasteiger partial charge in [-0.15, -0.1) is 10.2 Å². The Balaban J connectivity index is 2.27. The molecule has 0 bridgehead atoms. The summed E-state index contributed by atoms with van der Waals surface area (Å²) in [6, 6.07) is 2.08. The third-order valence-corrected chi connectivity index (χ3v) is 3.45. The molecule has 0 saturated heterocycles. The Morgan fingerprint density at radius 2 is 1.83 bits per heavy atom. The second-order valence-corrected chi connectivity index (χ2v) is 5.43. The van der Waals surface area contributed by atoms with Crippen LogP contribution < -0.4 is 5.32 Å². The van der Waals surface area contributed by atoms with E-state index < -0.39 is 11.7 Å². The van der Waals surface area contributed by atoms with Gasteiger partial charge in [0, 0.05) is 0 Å². The Hall–Kier alpha value is -0.950. The zero-order chi connectivity index (χ0) is 13.3. The number of carbonyl (C=O) groups excluding carboxylic acids is 1. The molecule has 2 aromatic rings. The molecular formula is C9H3Cl3FN3OS. The van der Waals surface area contributed by atoms with Crippen LogP contribution in [0, 0.1) is 5.82 Å². The van der Waals surface area contributed by atoms with Crippen molar-refractivity contribution < 1.29 is 9.18 Å². The van der Waals surface area contributed by atoms with Gasteiger partial charge in [-0.3, -0.25) is 4.79 Å². The minimum absolute atomic E-state index is 0.0102. The highest BCUT2D eigenvalue weighted by atomic mass is 35.5. The zero-order valence-corrected chi connectivity index (χ0v) is 11.5. The van der Waals surface area contributed by atoms with Gasteiger partial charge in [0.25, 0.3) is 5.91 Å². The van der Waals surface area contributed by atoms with Gasteiger partial charge in [-0.2, -0.15) is 0 Å². The Morgan fingerprint density at radius 3 is 2.33 bits per heavy atom. The van der Waals surface area contributed by atoms with E-state index in [2.05, 4.69) is 15.5 Å². The number of nitrogens with one attached hydrogen (secondary N) is 1. The van der Waals surface area contributed by atoms with Crippen molar-refractivity contribution in [2.75, 3.05) is 5.32 Å². The van der Waals surface area contributed by atoms with Gasteiger partial charge < -0.3 is 5.32 Å². The number of hydrogen-bond acceptors (Lipinski definition) is 4. The highest BCUT2D eigenvalue weighted by Gasteiger charge is 2.16. The summed E-state index contributed by atoms with van der Waals surface area (Å²) in [5.41, 5.74) is 0.107. The number of rotatable bonds is 2. The Kier molecular flexibility index (Phi) is 4.01. The number of nitrogens with zero attached hydrogens (tertiary/aromatic N) is 2. The maximum atomic E-state index is 13.0. The zero-order valence-electron chi connectivity index (χ0n) is 8.38. The number of halogens is 4. The van der Waals surface area contributed by atoms with E-state index in [0.29, 0.717) is 0 Å². The van der Waals surface area contributed by atoms with E-state index in [9.17, 15) is 9.18 Å². The molecule has 0 saturated carbocycles. The third-order valence-electron chi connectivity index (χ3n) is 1.84. The molecule has 0 spiro atoms. The maximum absolute atomic E-state index is 13.0. The molecule has 0 aliphatic rings. The number of anilines is 1. The van der Waals surface area contributed by atoms with Crippen molar-refractivity contribution in [3.63, 3.8) is 0 Å². The van der Waals surface area contributed by atoms with Gasteiger partial charge in [-0.1, -0.05) is 34.5 Å². The van der Waals surface area contributed by atoms with Crippen LogP contribution in [-0.4, -0.2) is 16.1 Å². The van der Waals surface area contributed by atoms with Crippen LogP contribution in [0.4, 0.5) is 10.1 Å². The van der Waals surface area contributed by atoms with Crippen molar-refractivity contribution in [3.05, 3.63) is 37.5 Å². The highest BCUT2D eigenvalue weighted by Crippen LogP contribution is 2.32. The summed E-state index contributed by atoms with van der Waals surface area (Å²) in [6.45, 7) is 0. The van der Waals surface area contributed by atoms with E-state index in [1.807, 2.05) is 0 Å². The van der Waals surface area contributed by atoms with Crippen molar-refractivity contribution in [1.29, 1.82) is 0 Å². The van der Waals surface area contributed by atoms with Crippen LogP contribution in [0.3, 0.4) is 0 Å². The number of aromatic nitrogens is 2. The molecule has 0 aliphatic heterocycles. The van der Waals surface area contributed by atoms with E-state index >= 15 is 0 Å². The Labute approximate surface area is 120 Å². The van der Waals surface area contributed by atoms with Gasteiger partial charge in [-0.05, 0) is 23.7 Å². The standard InChI is InChI=1S/C9H3Cl3FN3OS/c10-4-1-3(13)2-5(11)6(4)14-7(17)8-15-16-9(12)18-8/h1-2H,(H,14,17). The summed E-state index contributed by atoms with van der Waals surface area (Å²) < 4.78 is 13.1. The molecule has 0 fully saturated rings. The minimum Gasteiger partial charge on any atom is -0.317 e. The summed E-state index contributed by atoms with van der Waals surface area (Å²) in [5, 5.41) is 9.49. The van der Waals surface area contributed by atoms with Crippen molar-refractivity contribution >= 4 is 57.7 Å². The molecule has 0 radical (unpaired) electrons. The minimum atomic E-state index is -0.595. The van der Waals surface area contributed by atoms with Crippen molar-refractivity contribution in [3.8, 4) is 0 Å². The molecule has 0 aliphatic carbocycles. The topological polar surface area (TPSA) is 54.9 Å². The fraction of sp³-hybridized carbons (Fsp3) is 0. The second-order valence-electron chi connectivity index (χ2n) is 3.06. The predicted molar refractivity (Wildman–Crippen MR) is 69.3 cm³/mol. The number of benzene rings is 1. The summed E-state index contributed by atoms with van der Waals surface area (Å²) in [6.07, 6.45) is 0. The van der Waals surface area contributed by atoms with Gasteiger partial charge in [-0.25, -0.2) is 4.39 Å². The van der Waals surface area contributed by atoms with Gasteiger partial charge in [0.15, 0.2) is 0 Å². The molecule has 1 heterocycles. The summed E-state index contributed by atoms with van der Waals surface area (Å²) in [5.74, 6) is -1.17. The van der Waals surface area contributed by atoms with E-state index in [0.717, 1.165) is 23.5 Å². The number of carbonyl (C=O) groups is 1. The van der Waals surface area contributed by atoms with E-state index in [1.54, 1.807) is 0 Å². The van der Waals surface area contributed by atoms with Crippen molar-refractivity contribution in [2.24, 2.45) is 0 Å². The monoisotopic (exact) mass is 325 g/mol. The van der Waals surface area contributed by atoms with Crippen LogP contribution in [0.5, 0.6) is 0 Å². The molecule has 1 amide bonds. The lowest BCUT2D eigenvalue weighted by Gasteiger charge is -2.07. The largest absolute Gasteiger partial charge is 0.317 e. The molecule has 0 unspecified atom stereocenters. The molecule has 4 nitrogen and oxygen atoms in total. The molecule has 1 aromatic heterocycles. The third kappa shape index (κ3) is 2.89. The average molecular weight is 327 g/mol. The summed E-state index contributed by atoms with van der Waals surface area (Å²) in [4.78, 5) is 11.7. The number of hydrogen-bond donors (Lipinski definition) is 1. The second kappa shape index (κ2) is 5.36. The fourth-order valence-electron chi connectivity index (χ4n) is 1.13. The molecule has 18 heavy (non-hydrogen) atoms. The molecule has 1 N–H and O–H groups in total. The van der Waals surface area contributed by atoms with Gasteiger partial charge >= 0.3 is 0 Å². The first-order valence-electron chi connectivity index (χ1n) is 4.42. The lowest BCUT2D eigenvalue weighted by Crippen LogP contribution is -2.12.